The molecular weight excluding hydrogens is 288 g/mol. The Bertz CT molecular complexity index is 758. The number of morpholine rings is 1. The molecule has 0 bridgehead atoms. The molecule has 0 aliphatic carbocycles. The number of carbonyl (C=O) groups is 1. The molecule has 0 unspecified atom stereocenters. The van der Waals surface area contributed by atoms with Crippen LogP contribution in [0, 0.1) is 6.92 Å². The van der Waals surface area contributed by atoms with Crippen molar-refractivity contribution in [1.82, 2.24) is 19.6 Å². The third-order valence-electron chi connectivity index (χ3n) is 3.82. The Kier molecular flexibility index (Phi) is 3.93. The number of nitrogens with zero attached hydrogens (tertiary/aromatic N) is 4. The standard InChI is InChI=1S/C14H18N4O4/c1-3-10-15-13-12(9(2)16-22-13)14(20)18(10)8-11(19)17-4-6-21-7-5-17/h3-8H2,1-2H3. The zero-order valence-corrected chi connectivity index (χ0v) is 12.7. The van der Waals surface area contributed by atoms with Crippen molar-refractivity contribution < 1.29 is 14.1 Å². The van der Waals surface area contributed by atoms with Crippen LogP contribution in [-0.4, -0.2) is 51.8 Å². The minimum atomic E-state index is -0.276. The Morgan fingerprint density at radius 1 is 1.32 bits per heavy atom. The molecule has 0 atom stereocenters. The van der Waals surface area contributed by atoms with Crippen LogP contribution in [0.5, 0.6) is 0 Å². The first-order chi connectivity index (χ1) is 10.6. The predicted molar refractivity (Wildman–Crippen MR) is 77.6 cm³/mol. The summed E-state index contributed by atoms with van der Waals surface area (Å²) in [5.74, 6) is 0.422. The van der Waals surface area contributed by atoms with Gasteiger partial charge >= 0.3 is 0 Å². The third kappa shape index (κ3) is 2.50. The fourth-order valence-corrected chi connectivity index (χ4v) is 2.59. The van der Waals surface area contributed by atoms with E-state index in [0.29, 0.717) is 49.6 Å². The maximum atomic E-state index is 12.6. The lowest BCUT2D eigenvalue weighted by atomic mass is 10.3. The fraction of sp³-hybridized carbons (Fsp3) is 0.571. The third-order valence-corrected chi connectivity index (χ3v) is 3.82. The summed E-state index contributed by atoms with van der Waals surface area (Å²) in [6.07, 6.45) is 0.529. The fourth-order valence-electron chi connectivity index (χ4n) is 2.59. The lowest BCUT2D eigenvalue weighted by molar-refractivity contribution is -0.136. The molecule has 3 rings (SSSR count). The summed E-state index contributed by atoms with van der Waals surface area (Å²) in [7, 11) is 0. The van der Waals surface area contributed by atoms with Gasteiger partial charge in [-0.15, -0.1) is 0 Å². The van der Waals surface area contributed by atoms with Gasteiger partial charge in [0.15, 0.2) is 0 Å². The molecule has 0 spiro atoms. The van der Waals surface area contributed by atoms with Crippen LogP contribution in [0.3, 0.4) is 0 Å². The van der Waals surface area contributed by atoms with Gasteiger partial charge in [-0.05, 0) is 6.92 Å². The minimum absolute atomic E-state index is 0.0183. The molecule has 3 heterocycles. The average molecular weight is 306 g/mol. The van der Waals surface area contributed by atoms with Crippen LogP contribution in [0.2, 0.25) is 0 Å². The van der Waals surface area contributed by atoms with Gasteiger partial charge in [-0.1, -0.05) is 12.1 Å². The SMILES string of the molecule is CCc1nc2onc(C)c2c(=O)n1CC(=O)N1CCOCC1. The number of hydrogen-bond acceptors (Lipinski definition) is 6. The van der Waals surface area contributed by atoms with Gasteiger partial charge in [0.2, 0.25) is 5.91 Å². The van der Waals surface area contributed by atoms with Crippen LogP contribution in [-0.2, 0) is 22.5 Å². The van der Waals surface area contributed by atoms with E-state index < -0.39 is 0 Å². The molecule has 1 fully saturated rings. The normalized spacial score (nSPS) is 15.5. The van der Waals surface area contributed by atoms with E-state index in [0.717, 1.165) is 0 Å². The number of aryl methyl sites for hydroxylation is 2. The summed E-state index contributed by atoms with van der Waals surface area (Å²) in [5.41, 5.74) is 0.444. The van der Waals surface area contributed by atoms with Gasteiger partial charge in [-0.3, -0.25) is 14.2 Å². The average Bonchev–Trinajstić information content (AvgIpc) is 2.91. The minimum Gasteiger partial charge on any atom is -0.378 e. The summed E-state index contributed by atoms with van der Waals surface area (Å²) < 4.78 is 11.7. The number of amides is 1. The molecule has 1 amide bonds. The molecule has 2 aromatic heterocycles. The smallest absolute Gasteiger partial charge is 0.267 e. The maximum Gasteiger partial charge on any atom is 0.267 e. The Hall–Kier alpha value is -2.22. The van der Waals surface area contributed by atoms with E-state index in [-0.39, 0.29) is 23.7 Å². The highest BCUT2D eigenvalue weighted by molar-refractivity contribution is 5.78. The zero-order valence-electron chi connectivity index (χ0n) is 12.7. The van der Waals surface area contributed by atoms with E-state index in [2.05, 4.69) is 10.1 Å². The van der Waals surface area contributed by atoms with E-state index in [4.69, 9.17) is 9.26 Å². The second-order valence-electron chi connectivity index (χ2n) is 5.21. The number of aromatic nitrogens is 3. The van der Waals surface area contributed by atoms with Crippen LogP contribution in [0.1, 0.15) is 18.4 Å². The maximum absolute atomic E-state index is 12.6. The van der Waals surface area contributed by atoms with Gasteiger partial charge in [0, 0.05) is 19.5 Å². The molecule has 2 aromatic rings. The van der Waals surface area contributed by atoms with Crippen molar-refractivity contribution in [2.75, 3.05) is 26.3 Å². The Morgan fingerprint density at radius 2 is 2.05 bits per heavy atom. The highest BCUT2D eigenvalue weighted by Gasteiger charge is 2.21. The summed E-state index contributed by atoms with van der Waals surface area (Å²) >= 11 is 0. The highest BCUT2D eigenvalue weighted by Crippen LogP contribution is 2.12. The number of carbonyl (C=O) groups excluding carboxylic acids is 1. The van der Waals surface area contributed by atoms with E-state index >= 15 is 0 Å². The lowest BCUT2D eigenvalue weighted by Crippen LogP contribution is -2.44. The van der Waals surface area contributed by atoms with Gasteiger partial charge in [-0.25, -0.2) is 0 Å². The van der Waals surface area contributed by atoms with Crippen molar-refractivity contribution in [1.29, 1.82) is 0 Å². The van der Waals surface area contributed by atoms with Gasteiger partial charge in [0.1, 0.15) is 17.8 Å². The zero-order chi connectivity index (χ0) is 15.7. The van der Waals surface area contributed by atoms with Crippen LogP contribution in [0.4, 0.5) is 0 Å². The van der Waals surface area contributed by atoms with Crippen molar-refractivity contribution in [3.05, 3.63) is 21.9 Å². The van der Waals surface area contributed by atoms with E-state index in [9.17, 15) is 9.59 Å². The van der Waals surface area contributed by atoms with Crippen molar-refractivity contribution in [2.24, 2.45) is 0 Å². The second-order valence-corrected chi connectivity index (χ2v) is 5.21. The van der Waals surface area contributed by atoms with E-state index in [1.807, 2.05) is 6.92 Å². The van der Waals surface area contributed by atoms with Crippen LogP contribution in [0.25, 0.3) is 11.1 Å². The van der Waals surface area contributed by atoms with Crippen molar-refractivity contribution in [2.45, 2.75) is 26.8 Å². The van der Waals surface area contributed by atoms with Crippen LogP contribution >= 0.6 is 0 Å². The highest BCUT2D eigenvalue weighted by atomic mass is 16.5. The van der Waals surface area contributed by atoms with Crippen molar-refractivity contribution in [3.8, 4) is 0 Å². The number of fused-ring (bicyclic) bond motifs is 1. The topological polar surface area (TPSA) is 90.5 Å². The summed E-state index contributed by atoms with van der Waals surface area (Å²) in [6, 6.07) is 0. The van der Waals surface area contributed by atoms with Crippen LogP contribution < -0.4 is 5.56 Å². The van der Waals surface area contributed by atoms with Crippen molar-refractivity contribution >= 4 is 17.0 Å². The largest absolute Gasteiger partial charge is 0.378 e. The molecule has 1 saturated heterocycles. The number of rotatable bonds is 3. The Labute approximate surface area is 126 Å². The van der Waals surface area contributed by atoms with E-state index in [1.165, 1.54) is 4.57 Å². The Balaban J connectivity index is 1.98. The first-order valence-corrected chi connectivity index (χ1v) is 7.33. The number of ether oxygens (including phenoxy) is 1. The molecule has 1 aliphatic rings. The first-order valence-electron chi connectivity index (χ1n) is 7.33. The summed E-state index contributed by atoms with van der Waals surface area (Å²) in [5, 5.41) is 4.12. The Morgan fingerprint density at radius 3 is 2.73 bits per heavy atom. The van der Waals surface area contributed by atoms with Crippen molar-refractivity contribution in [3.63, 3.8) is 0 Å². The molecule has 22 heavy (non-hydrogen) atoms. The molecular formula is C14H18N4O4. The molecule has 0 N–H and O–H groups in total. The van der Waals surface area contributed by atoms with Gasteiger partial charge < -0.3 is 14.2 Å². The van der Waals surface area contributed by atoms with Gasteiger partial charge in [0.25, 0.3) is 11.3 Å². The molecule has 0 saturated carbocycles. The monoisotopic (exact) mass is 306 g/mol. The second kappa shape index (κ2) is 5.88. The summed E-state index contributed by atoms with van der Waals surface area (Å²) in [4.78, 5) is 31.0. The molecule has 0 aromatic carbocycles. The molecule has 1 aliphatic heterocycles. The first kappa shape index (κ1) is 14.7. The summed E-state index contributed by atoms with van der Waals surface area (Å²) in [6.45, 7) is 5.72. The number of hydrogen-bond donors (Lipinski definition) is 0. The van der Waals surface area contributed by atoms with Gasteiger partial charge in [0.05, 0.1) is 18.9 Å². The molecule has 0 radical (unpaired) electrons. The van der Waals surface area contributed by atoms with Gasteiger partial charge in [-0.2, -0.15) is 4.98 Å². The molecule has 8 nitrogen and oxygen atoms in total. The molecule has 8 heteroatoms. The lowest BCUT2D eigenvalue weighted by Gasteiger charge is -2.27. The van der Waals surface area contributed by atoms with Crippen LogP contribution in [0.15, 0.2) is 9.32 Å². The molecule has 118 valence electrons. The quantitative estimate of drug-likeness (QED) is 0.799. The predicted octanol–water partition coefficient (Wildman–Crippen LogP) is 0.114. The van der Waals surface area contributed by atoms with E-state index in [1.54, 1.807) is 11.8 Å².